The van der Waals surface area contributed by atoms with E-state index in [1.807, 2.05) is 6.07 Å². The molecule has 0 fully saturated rings. The molecular weight excluding hydrogens is 262 g/mol. The third-order valence-electron chi connectivity index (χ3n) is 1.74. The van der Waals surface area contributed by atoms with Crippen molar-refractivity contribution in [2.24, 2.45) is 0 Å². The van der Waals surface area contributed by atoms with Crippen molar-refractivity contribution in [3.8, 4) is 6.07 Å². The Balaban J connectivity index is 2.41. The molecule has 0 saturated heterocycles. The van der Waals surface area contributed by atoms with Gasteiger partial charge in [-0.1, -0.05) is 11.6 Å². The quantitative estimate of drug-likeness (QED) is 0.834. The Morgan fingerprint density at radius 3 is 3.00 bits per heavy atom. The molecule has 0 aromatic carbocycles. The number of hydrogen-bond donors (Lipinski definition) is 1. The highest BCUT2D eigenvalue weighted by molar-refractivity contribution is 7.10. The molecule has 1 aromatic rings. The fourth-order valence-electron chi connectivity index (χ4n) is 1.09. The predicted molar refractivity (Wildman–Crippen MR) is 66.2 cm³/mol. The molecule has 0 saturated carbocycles. The van der Waals surface area contributed by atoms with Crippen molar-refractivity contribution in [3.63, 3.8) is 0 Å². The maximum atomic E-state index is 11.2. The van der Waals surface area contributed by atoms with E-state index >= 15 is 0 Å². The lowest BCUT2D eigenvalue weighted by molar-refractivity contribution is -0.147. The van der Waals surface area contributed by atoms with Gasteiger partial charge in [-0.05, 0) is 25.4 Å². The van der Waals surface area contributed by atoms with Gasteiger partial charge in [-0.2, -0.15) is 9.64 Å². The van der Waals surface area contributed by atoms with Crippen LogP contribution in [0.3, 0.4) is 0 Å². The van der Waals surface area contributed by atoms with Crippen LogP contribution in [0.4, 0.5) is 5.00 Å². The summed E-state index contributed by atoms with van der Waals surface area (Å²) in [6, 6.07) is 1.95. The minimum Gasteiger partial charge on any atom is -0.463 e. The summed E-state index contributed by atoms with van der Waals surface area (Å²) in [5.74, 6) is -0.276. The molecule has 1 rings (SSSR count). The zero-order chi connectivity index (χ0) is 12.8. The molecule has 0 spiro atoms. The second-order valence-corrected chi connectivity index (χ2v) is 4.64. The number of esters is 1. The number of hydrogen-bond acceptors (Lipinski definition) is 6. The summed E-state index contributed by atoms with van der Waals surface area (Å²) in [6.07, 6.45) is 0.119. The largest absolute Gasteiger partial charge is 0.463 e. The van der Waals surface area contributed by atoms with Crippen LogP contribution in [0, 0.1) is 11.3 Å². The SMILES string of the molecule is CC(C)OC(=O)CCNc1snc(Cl)c1C#N. The monoisotopic (exact) mass is 273 g/mol. The van der Waals surface area contributed by atoms with E-state index in [9.17, 15) is 4.79 Å². The summed E-state index contributed by atoms with van der Waals surface area (Å²) in [4.78, 5) is 11.2. The zero-order valence-corrected chi connectivity index (χ0v) is 11.1. The Morgan fingerprint density at radius 1 is 1.71 bits per heavy atom. The van der Waals surface area contributed by atoms with E-state index in [0.29, 0.717) is 17.1 Å². The summed E-state index contributed by atoms with van der Waals surface area (Å²) in [6.45, 7) is 3.98. The highest BCUT2D eigenvalue weighted by Gasteiger charge is 2.12. The van der Waals surface area contributed by atoms with Gasteiger partial charge in [0.15, 0.2) is 5.15 Å². The third-order valence-corrected chi connectivity index (χ3v) is 2.92. The summed E-state index contributed by atoms with van der Waals surface area (Å²) >= 11 is 6.80. The van der Waals surface area contributed by atoms with E-state index in [4.69, 9.17) is 21.6 Å². The van der Waals surface area contributed by atoms with Crippen LogP contribution in [0.25, 0.3) is 0 Å². The van der Waals surface area contributed by atoms with Crippen LogP contribution >= 0.6 is 23.1 Å². The summed E-state index contributed by atoms with van der Waals surface area (Å²) in [5.41, 5.74) is 0.314. The van der Waals surface area contributed by atoms with Gasteiger partial charge < -0.3 is 10.1 Å². The van der Waals surface area contributed by atoms with Gasteiger partial charge in [0.1, 0.15) is 16.6 Å². The summed E-state index contributed by atoms with van der Waals surface area (Å²) < 4.78 is 8.81. The molecule has 1 heterocycles. The molecule has 7 heteroatoms. The van der Waals surface area contributed by atoms with E-state index in [1.165, 1.54) is 0 Å². The molecule has 1 aromatic heterocycles. The Hall–Kier alpha value is -1.32. The third kappa shape index (κ3) is 4.21. The second-order valence-electron chi connectivity index (χ2n) is 3.50. The van der Waals surface area contributed by atoms with Gasteiger partial charge >= 0.3 is 5.97 Å². The number of carbonyl (C=O) groups is 1. The normalized spacial score (nSPS) is 10.1. The average Bonchev–Trinajstić information content (AvgIpc) is 2.58. The molecule has 1 N–H and O–H groups in total. The fraction of sp³-hybridized carbons (Fsp3) is 0.500. The second kappa shape index (κ2) is 6.42. The number of nitrogens with zero attached hydrogens (tertiary/aromatic N) is 2. The van der Waals surface area contributed by atoms with Gasteiger partial charge in [-0.15, -0.1) is 0 Å². The maximum absolute atomic E-state index is 11.2. The van der Waals surface area contributed by atoms with Crippen molar-refractivity contribution in [2.75, 3.05) is 11.9 Å². The molecule has 5 nitrogen and oxygen atoms in total. The number of anilines is 1. The number of nitriles is 1. The number of nitrogens with one attached hydrogen (secondary N) is 1. The van der Waals surface area contributed by atoms with Gasteiger partial charge in [-0.3, -0.25) is 4.79 Å². The Labute approximate surface area is 109 Å². The molecule has 92 valence electrons. The van der Waals surface area contributed by atoms with Crippen molar-refractivity contribution in [3.05, 3.63) is 10.7 Å². The van der Waals surface area contributed by atoms with Crippen LogP contribution in [0.2, 0.25) is 5.15 Å². The van der Waals surface area contributed by atoms with Gasteiger partial charge in [0.05, 0.1) is 12.5 Å². The van der Waals surface area contributed by atoms with Crippen LogP contribution in [-0.2, 0) is 9.53 Å². The zero-order valence-electron chi connectivity index (χ0n) is 9.49. The number of ether oxygens (including phenoxy) is 1. The molecule has 17 heavy (non-hydrogen) atoms. The number of rotatable bonds is 5. The molecular formula is C10H12ClN3O2S. The van der Waals surface area contributed by atoms with Gasteiger partial charge in [-0.25, -0.2) is 0 Å². The van der Waals surface area contributed by atoms with Crippen LogP contribution in [-0.4, -0.2) is 23.0 Å². The molecule has 0 amide bonds. The topological polar surface area (TPSA) is 75.0 Å². The number of aromatic nitrogens is 1. The summed E-state index contributed by atoms with van der Waals surface area (Å²) in [7, 11) is 0. The Bertz CT molecular complexity index is 439. The van der Waals surface area contributed by atoms with Gasteiger partial charge in [0, 0.05) is 6.54 Å². The molecule has 0 aliphatic heterocycles. The number of carbonyl (C=O) groups excluding carboxylic acids is 1. The van der Waals surface area contributed by atoms with Crippen molar-refractivity contribution in [1.29, 1.82) is 5.26 Å². The first-order chi connectivity index (χ1) is 8.04. The smallest absolute Gasteiger partial charge is 0.307 e. The number of halogens is 1. The first-order valence-electron chi connectivity index (χ1n) is 5.03. The van der Waals surface area contributed by atoms with Crippen LogP contribution in [0.15, 0.2) is 0 Å². The van der Waals surface area contributed by atoms with Crippen molar-refractivity contribution in [1.82, 2.24) is 4.37 Å². The van der Waals surface area contributed by atoms with E-state index in [1.54, 1.807) is 13.8 Å². The van der Waals surface area contributed by atoms with E-state index in [0.717, 1.165) is 11.5 Å². The standard InChI is InChI=1S/C10H12ClN3O2S/c1-6(2)16-8(15)3-4-13-10-7(5-12)9(11)14-17-10/h6,13H,3-4H2,1-2H3. The maximum Gasteiger partial charge on any atom is 0.307 e. The Kier molecular flexibility index (Phi) is 5.19. The first kappa shape index (κ1) is 13.7. The molecule has 0 radical (unpaired) electrons. The lowest BCUT2D eigenvalue weighted by atomic mass is 10.3. The minimum absolute atomic E-state index is 0.116. The van der Waals surface area contributed by atoms with Crippen molar-refractivity contribution < 1.29 is 9.53 Å². The van der Waals surface area contributed by atoms with E-state index in [-0.39, 0.29) is 23.6 Å². The van der Waals surface area contributed by atoms with Gasteiger partial charge in [0.2, 0.25) is 0 Å². The molecule has 0 atom stereocenters. The minimum atomic E-state index is -0.276. The van der Waals surface area contributed by atoms with E-state index < -0.39 is 0 Å². The van der Waals surface area contributed by atoms with Crippen molar-refractivity contribution >= 4 is 34.1 Å². The molecule has 0 unspecified atom stereocenters. The Morgan fingerprint density at radius 2 is 2.41 bits per heavy atom. The highest BCUT2D eigenvalue weighted by atomic mass is 35.5. The fourth-order valence-corrected chi connectivity index (χ4v) is 2.05. The average molecular weight is 274 g/mol. The lowest BCUT2D eigenvalue weighted by Gasteiger charge is -2.08. The van der Waals surface area contributed by atoms with Crippen molar-refractivity contribution in [2.45, 2.75) is 26.4 Å². The molecule has 0 bridgehead atoms. The van der Waals surface area contributed by atoms with Crippen LogP contribution in [0.5, 0.6) is 0 Å². The summed E-state index contributed by atoms with van der Waals surface area (Å²) in [5, 5.41) is 12.5. The molecule has 0 aliphatic carbocycles. The lowest BCUT2D eigenvalue weighted by Crippen LogP contribution is -2.15. The van der Waals surface area contributed by atoms with Gasteiger partial charge in [0.25, 0.3) is 0 Å². The van der Waals surface area contributed by atoms with Crippen LogP contribution in [0.1, 0.15) is 25.8 Å². The highest BCUT2D eigenvalue weighted by Crippen LogP contribution is 2.27. The first-order valence-corrected chi connectivity index (χ1v) is 6.18. The molecule has 0 aliphatic rings. The van der Waals surface area contributed by atoms with Crippen LogP contribution < -0.4 is 5.32 Å². The van der Waals surface area contributed by atoms with E-state index in [2.05, 4.69) is 9.69 Å². The predicted octanol–water partition coefficient (Wildman–Crippen LogP) is 2.42.